The number of ether oxygens (including phenoxy) is 1. The molecule has 0 heterocycles. The van der Waals surface area contributed by atoms with Crippen LogP contribution in [0.2, 0.25) is 0 Å². The van der Waals surface area contributed by atoms with Crippen molar-refractivity contribution >= 4 is 11.6 Å². The van der Waals surface area contributed by atoms with Gasteiger partial charge in [-0.05, 0) is 49.1 Å². The van der Waals surface area contributed by atoms with Crippen molar-refractivity contribution in [2.24, 2.45) is 0 Å². The van der Waals surface area contributed by atoms with Crippen LogP contribution in [0.1, 0.15) is 16.7 Å². The summed E-state index contributed by atoms with van der Waals surface area (Å²) in [5.74, 6) is 1.60. The van der Waals surface area contributed by atoms with Crippen molar-refractivity contribution in [1.29, 1.82) is 0 Å². The Hall–Kier alpha value is -0.690. The first-order valence-electron chi connectivity index (χ1n) is 4.39. The minimum absolute atomic E-state index is 0.675. The molecule has 0 unspecified atom stereocenters. The third-order valence-electron chi connectivity index (χ3n) is 2.25. The first-order chi connectivity index (χ1) is 6.19. The van der Waals surface area contributed by atoms with Crippen LogP contribution in [0, 0.1) is 13.8 Å². The maximum absolute atomic E-state index is 5.72. The highest BCUT2D eigenvalue weighted by atomic mass is 35.5. The molecule has 0 aromatic heterocycles. The number of alkyl halides is 1. The van der Waals surface area contributed by atoms with Crippen molar-refractivity contribution in [3.8, 4) is 5.75 Å². The Bertz CT molecular complexity index is 271. The van der Waals surface area contributed by atoms with Gasteiger partial charge < -0.3 is 4.74 Å². The van der Waals surface area contributed by atoms with Crippen molar-refractivity contribution in [3.63, 3.8) is 0 Å². The van der Waals surface area contributed by atoms with Gasteiger partial charge in [-0.15, -0.1) is 11.6 Å². The van der Waals surface area contributed by atoms with Gasteiger partial charge in [0.2, 0.25) is 0 Å². The largest absolute Gasteiger partial charge is 0.497 e. The van der Waals surface area contributed by atoms with Crippen LogP contribution < -0.4 is 4.74 Å². The molecule has 1 aromatic rings. The number of rotatable bonds is 3. The summed E-state index contributed by atoms with van der Waals surface area (Å²) in [5.41, 5.74) is 3.87. The Labute approximate surface area is 84.7 Å². The standard InChI is InChI=1S/C11H15ClO/c1-8-6-10(13-3)7-9(2)11(8)4-5-12/h6-7H,4-5H2,1-3H3. The van der Waals surface area contributed by atoms with Crippen molar-refractivity contribution in [2.45, 2.75) is 20.3 Å². The van der Waals surface area contributed by atoms with E-state index in [0.29, 0.717) is 5.88 Å². The molecule has 0 aliphatic heterocycles. The Morgan fingerprint density at radius 3 is 2.15 bits per heavy atom. The topological polar surface area (TPSA) is 9.23 Å². The SMILES string of the molecule is COc1cc(C)c(CCCl)c(C)c1. The summed E-state index contributed by atoms with van der Waals surface area (Å²) in [5, 5.41) is 0. The quantitative estimate of drug-likeness (QED) is 0.679. The van der Waals surface area contributed by atoms with Crippen LogP contribution in [0.25, 0.3) is 0 Å². The van der Waals surface area contributed by atoms with Gasteiger partial charge in [0.15, 0.2) is 0 Å². The first kappa shape index (κ1) is 10.4. The molecular weight excluding hydrogens is 184 g/mol. The molecule has 1 aromatic carbocycles. The average Bonchev–Trinajstić information content (AvgIpc) is 2.11. The van der Waals surface area contributed by atoms with Gasteiger partial charge in [0.1, 0.15) is 5.75 Å². The van der Waals surface area contributed by atoms with Crippen LogP contribution in [0.4, 0.5) is 0 Å². The van der Waals surface area contributed by atoms with Gasteiger partial charge in [-0.3, -0.25) is 0 Å². The minimum Gasteiger partial charge on any atom is -0.497 e. The highest BCUT2D eigenvalue weighted by Gasteiger charge is 2.04. The number of hydrogen-bond acceptors (Lipinski definition) is 1. The fourth-order valence-corrected chi connectivity index (χ4v) is 1.75. The molecule has 0 saturated heterocycles. The number of halogens is 1. The van der Waals surface area contributed by atoms with Gasteiger partial charge in [-0.1, -0.05) is 0 Å². The van der Waals surface area contributed by atoms with Gasteiger partial charge in [-0.2, -0.15) is 0 Å². The molecule has 0 radical (unpaired) electrons. The fraction of sp³-hybridized carbons (Fsp3) is 0.455. The van der Waals surface area contributed by atoms with Gasteiger partial charge in [-0.25, -0.2) is 0 Å². The zero-order valence-electron chi connectivity index (χ0n) is 8.36. The fourth-order valence-electron chi connectivity index (χ4n) is 1.56. The van der Waals surface area contributed by atoms with Crippen LogP contribution in [0.15, 0.2) is 12.1 Å². The molecule has 1 rings (SSSR count). The molecule has 0 spiro atoms. The highest BCUT2D eigenvalue weighted by Crippen LogP contribution is 2.22. The molecule has 13 heavy (non-hydrogen) atoms. The minimum atomic E-state index is 0.675. The van der Waals surface area contributed by atoms with Gasteiger partial charge >= 0.3 is 0 Å². The molecule has 0 aliphatic carbocycles. The van der Waals surface area contributed by atoms with E-state index in [4.69, 9.17) is 16.3 Å². The predicted molar refractivity (Wildman–Crippen MR) is 56.9 cm³/mol. The van der Waals surface area contributed by atoms with Crippen molar-refractivity contribution in [3.05, 3.63) is 28.8 Å². The van der Waals surface area contributed by atoms with E-state index in [1.54, 1.807) is 7.11 Å². The molecular formula is C11H15ClO. The van der Waals surface area contributed by atoms with E-state index in [0.717, 1.165) is 12.2 Å². The summed E-state index contributed by atoms with van der Waals surface area (Å²) >= 11 is 5.72. The summed E-state index contributed by atoms with van der Waals surface area (Å²) in [6, 6.07) is 4.10. The second kappa shape index (κ2) is 4.52. The second-order valence-electron chi connectivity index (χ2n) is 3.18. The summed E-state index contributed by atoms with van der Waals surface area (Å²) in [7, 11) is 1.69. The normalized spacial score (nSPS) is 10.2. The molecule has 0 atom stereocenters. The van der Waals surface area contributed by atoms with E-state index in [-0.39, 0.29) is 0 Å². The van der Waals surface area contributed by atoms with E-state index in [1.807, 2.05) is 0 Å². The van der Waals surface area contributed by atoms with Crippen molar-refractivity contribution in [2.75, 3.05) is 13.0 Å². The van der Waals surface area contributed by atoms with Gasteiger partial charge in [0, 0.05) is 5.88 Å². The lowest BCUT2D eigenvalue weighted by atomic mass is 10.0. The number of benzene rings is 1. The van der Waals surface area contributed by atoms with Crippen LogP contribution >= 0.6 is 11.6 Å². The lowest BCUT2D eigenvalue weighted by Crippen LogP contribution is -1.96. The third-order valence-corrected chi connectivity index (χ3v) is 2.44. The first-order valence-corrected chi connectivity index (χ1v) is 4.92. The zero-order chi connectivity index (χ0) is 9.84. The van der Waals surface area contributed by atoms with Gasteiger partial charge in [0.25, 0.3) is 0 Å². The molecule has 0 saturated carbocycles. The molecule has 0 bridgehead atoms. The van der Waals surface area contributed by atoms with E-state index < -0.39 is 0 Å². The van der Waals surface area contributed by atoms with Gasteiger partial charge in [0.05, 0.1) is 7.11 Å². The van der Waals surface area contributed by atoms with Crippen molar-refractivity contribution < 1.29 is 4.74 Å². The summed E-state index contributed by atoms with van der Waals surface area (Å²) < 4.78 is 5.18. The Morgan fingerprint density at radius 2 is 1.77 bits per heavy atom. The van der Waals surface area contributed by atoms with Crippen LogP contribution in [-0.2, 0) is 6.42 Å². The molecule has 0 N–H and O–H groups in total. The molecule has 0 fully saturated rings. The van der Waals surface area contributed by atoms with E-state index in [1.165, 1.54) is 16.7 Å². The molecule has 0 aliphatic rings. The van der Waals surface area contributed by atoms with Crippen molar-refractivity contribution in [1.82, 2.24) is 0 Å². The number of hydrogen-bond donors (Lipinski definition) is 0. The smallest absolute Gasteiger partial charge is 0.119 e. The Kier molecular flexibility index (Phi) is 3.61. The maximum Gasteiger partial charge on any atom is 0.119 e. The maximum atomic E-state index is 5.72. The highest BCUT2D eigenvalue weighted by molar-refractivity contribution is 6.18. The van der Waals surface area contributed by atoms with E-state index in [2.05, 4.69) is 26.0 Å². The van der Waals surface area contributed by atoms with Crippen LogP contribution in [0.3, 0.4) is 0 Å². The van der Waals surface area contributed by atoms with E-state index >= 15 is 0 Å². The lowest BCUT2D eigenvalue weighted by Gasteiger charge is -2.10. The Morgan fingerprint density at radius 1 is 1.23 bits per heavy atom. The van der Waals surface area contributed by atoms with Crippen LogP contribution in [-0.4, -0.2) is 13.0 Å². The number of methoxy groups -OCH3 is 1. The summed E-state index contributed by atoms with van der Waals surface area (Å²) in [6.07, 6.45) is 0.934. The second-order valence-corrected chi connectivity index (χ2v) is 3.56. The number of aryl methyl sites for hydroxylation is 2. The van der Waals surface area contributed by atoms with E-state index in [9.17, 15) is 0 Å². The lowest BCUT2D eigenvalue weighted by molar-refractivity contribution is 0.414. The molecule has 0 amide bonds. The summed E-state index contributed by atoms with van der Waals surface area (Å²) in [4.78, 5) is 0. The summed E-state index contributed by atoms with van der Waals surface area (Å²) in [6.45, 7) is 4.19. The predicted octanol–water partition coefficient (Wildman–Crippen LogP) is 3.09. The molecule has 1 nitrogen and oxygen atoms in total. The third kappa shape index (κ3) is 2.38. The Balaban J connectivity index is 3.07. The molecule has 2 heteroatoms. The van der Waals surface area contributed by atoms with Crippen LogP contribution in [0.5, 0.6) is 5.75 Å². The monoisotopic (exact) mass is 198 g/mol. The molecule has 72 valence electrons. The average molecular weight is 199 g/mol. The zero-order valence-corrected chi connectivity index (χ0v) is 9.11.